The molecule has 0 aliphatic rings. The van der Waals surface area contributed by atoms with Crippen LogP contribution in [0.4, 0.5) is 5.95 Å². The highest BCUT2D eigenvalue weighted by Gasteiger charge is 2.11. The molecule has 0 bridgehead atoms. The van der Waals surface area contributed by atoms with Gasteiger partial charge in [-0.2, -0.15) is 0 Å². The van der Waals surface area contributed by atoms with Gasteiger partial charge < -0.3 is 10.3 Å². The highest BCUT2D eigenvalue weighted by Crippen LogP contribution is 2.30. The second-order valence-corrected chi connectivity index (χ2v) is 6.99. The fourth-order valence-corrected chi connectivity index (χ4v) is 3.46. The molecule has 0 fully saturated rings. The number of hydrogen-bond donors (Lipinski definition) is 2. The molecule has 4 aromatic heterocycles. The van der Waals surface area contributed by atoms with E-state index in [4.69, 9.17) is 4.98 Å². The van der Waals surface area contributed by atoms with Crippen LogP contribution < -0.4 is 5.32 Å². The van der Waals surface area contributed by atoms with Gasteiger partial charge in [-0.05, 0) is 30.2 Å². The molecule has 1 aromatic carbocycles. The van der Waals surface area contributed by atoms with E-state index < -0.39 is 0 Å². The first-order valence-electron chi connectivity index (χ1n) is 9.85. The maximum atomic E-state index is 4.72. The standard InChI is InChI=1S/C24H20N6/c1-2-5-17(6-3-1)8-11-26-24-27-12-9-22(30-24)21-16-29-23-20(21)13-19(15-28-23)18-7-4-10-25-14-18/h1-7,9-10,12-16H,8,11H2,(H,28,29)(H,26,27,30). The van der Waals surface area contributed by atoms with Gasteiger partial charge in [0.1, 0.15) is 5.65 Å². The lowest BCUT2D eigenvalue weighted by molar-refractivity contribution is 0.985. The van der Waals surface area contributed by atoms with Crippen molar-refractivity contribution >= 4 is 17.0 Å². The summed E-state index contributed by atoms with van der Waals surface area (Å²) >= 11 is 0. The van der Waals surface area contributed by atoms with Gasteiger partial charge >= 0.3 is 0 Å². The second kappa shape index (κ2) is 8.13. The van der Waals surface area contributed by atoms with E-state index >= 15 is 0 Å². The van der Waals surface area contributed by atoms with Gasteiger partial charge in [0.2, 0.25) is 5.95 Å². The Labute approximate surface area is 174 Å². The summed E-state index contributed by atoms with van der Waals surface area (Å²) in [5.74, 6) is 0.620. The molecule has 6 heteroatoms. The topological polar surface area (TPSA) is 79.4 Å². The van der Waals surface area contributed by atoms with Gasteiger partial charge in [0, 0.05) is 59.6 Å². The minimum atomic E-state index is 0.620. The smallest absolute Gasteiger partial charge is 0.223 e. The Kier molecular flexibility index (Phi) is 4.88. The lowest BCUT2D eigenvalue weighted by Crippen LogP contribution is -2.08. The third-order valence-electron chi connectivity index (χ3n) is 5.00. The highest BCUT2D eigenvalue weighted by atomic mass is 15.1. The van der Waals surface area contributed by atoms with Crippen LogP contribution in [-0.4, -0.2) is 31.5 Å². The predicted octanol–water partition coefficient (Wildman–Crippen LogP) is 4.74. The molecule has 0 saturated carbocycles. The first-order chi connectivity index (χ1) is 14.9. The fourth-order valence-electron chi connectivity index (χ4n) is 3.46. The van der Waals surface area contributed by atoms with Crippen LogP contribution >= 0.6 is 0 Å². The summed E-state index contributed by atoms with van der Waals surface area (Å²) in [6, 6.07) is 18.4. The Morgan fingerprint density at radius 2 is 1.80 bits per heavy atom. The van der Waals surface area contributed by atoms with Crippen molar-refractivity contribution in [2.24, 2.45) is 0 Å². The van der Waals surface area contributed by atoms with Crippen molar-refractivity contribution in [3.63, 3.8) is 0 Å². The lowest BCUT2D eigenvalue weighted by atomic mass is 10.1. The van der Waals surface area contributed by atoms with E-state index in [1.165, 1.54) is 5.56 Å². The number of H-pyrrole nitrogens is 1. The Morgan fingerprint density at radius 1 is 0.867 bits per heavy atom. The summed E-state index contributed by atoms with van der Waals surface area (Å²) in [6.45, 7) is 0.772. The first kappa shape index (κ1) is 18.0. The van der Waals surface area contributed by atoms with Crippen LogP contribution in [0.5, 0.6) is 0 Å². The summed E-state index contributed by atoms with van der Waals surface area (Å²) in [5, 5.41) is 4.34. The number of anilines is 1. The van der Waals surface area contributed by atoms with Crippen molar-refractivity contribution in [2.45, 2.75) is 6.42 Å². The molecule has 0 amide bonds. The molecule has 0 spiro atoms. The zero-order chi connectivity index (χ0) is 20.2. The Morgan fingerprint density at radius 3 is 2.67 bits per heavy atom. The van der Waals surface area contributed by atoms with Crippen LogP contribution in [0.15, 0.2) is 85.6 Å². The molecule has 0 radical (unpaired) electrons. The summed E-state index contributed by atoms with van der Waals surface area (Å²) in [4.78, 5) is 21.1. The van der Waals surface area contributed by atoms with E-state index in [2.05, 4.69) is 55.6 Å². The summed E-state index contributed by atoms with van der Waals surface area (Å²) < 4.78 is 0. The summed E-state index contributed by atoms with van der Waals surface area (Å²) in [7, 11) is 0. The van der Waals surface area contributed by atoms with E-state index in [1.54, 1.807) is 12.4 Å². The van der Waals surface area contributed by atoms with Crippen LogP contribution in [0.2, 0.25) is 0 Å². The maximum Gasteiger partial charge on any atom is 0.223 e. The number of rotatable bonds is 6. The van der Waals surface area contributed by atoms with E-state index in [0.29, 0.717) is 5.95 Å². The molecule has 4 heterocycles. The van der Waals surface area contributed by atoms with Crippen LogP contribution in [0, 0.1) is 0 Å². The van der Waals surface area contributed by atoms with Crippen molar-refractivity contribution in [3.05, 3.63) is 91.1 Å². The molecular weight excluding hydrogens is 372 g/mol. The summed E-state index contributed by atoms with van der Waals surface area (Å²) in [6.07, 6.45) is 10.1. The molecule has 0 aliphatic carbocycles. The highest BCUT2D eigenvalue weighted by molar-refractivity contribution is 5.94. The van der Waals surface area contributed by atoms with Crippen molar-refractivity contribution in [1.82, 2.24) is 24.9 Å². The number of aromatic nitrogens is 5. The molecule has 5 rings (SSSR count). The van der Waals surface area contributed by atoms with Crippen molar-refractivity contribution in [1.29, 1.82) is 0 Å². The predicted molar refractivity (Wildman–Crippen MR) is 119 cm³/mol. The number of nitrogens with one attached hydrogen (secondary N) is 2. The van der Waals surface area contributed by atoms with E-state index in [1.807, 2.05) is 42.9 Å². The van der Waals surface area contributed by atoms with E-state index in [9.17, 15) is 0 Å². The van der Waals surface area contributed by atoms with Gasteiger partial charge in [-0.25, -0.2) is 15.0 Å². The average Bonchev–Trinajstić information content (AvgIpc) is 3.24. The molecule has 0 unspecified atom stereocenters. The number of hydrogen-bond acceptors (Lipinski definition) is 5. The monoisotopic (exact) mass is 392 g/mol. The van der Waals surface area contributed by atoms with E-state index in [0.717, 1.165) is 46.4 Å². The Balaban J connectivity index is 1.40. The first-order valence-corrected chi connectivity index (χ1v) is 9.85. The third kappa shape index (κ3) is 3.75. The zero-order valence-electron chi connectivity index (χ0n) is 16.3. The number of pyridine rings is 2. The van der Waals surface area contributed by atoms with Gasteiger partial charge in [-0.3, -0.25) is 4.98 Å². The quantitative estimate of drug-likeness (QED) is 0.436. The summed E-state index contributed by atoms with van der Waals surface area (Å²) in [5.41, 5.74) is 6.01. The maximum absolute atomic E-state index is 4.72. The van der Waals surface area contributed by atoms with Gasteiger partial charge in [-0.15, -0.1) is 0 Å². The van der Waals surface area contributed by atoms with E-state index in [-0.39, 0.29) is 0 Å². The average molecular weight is 392 g/mol. The van der Waals surface area contributed by atoms with Gasteiger partial charge in [0.25, 0.3) is 0 Å². The number of nitrogens with zero attached hydrogens (tertiary/aromatic N) is 4. The van der Waals surface area contributed by atoms with Gasteiger partial charge in [-0.1, -0.05) is 36.4 Å². The number of benzene rings is 1. The molecule has 0 atom stereocenters. The Hall–Kier alpha value is -4.06. The minimum Gasteiger partial charge on any atom is -0.354 e. The van der Waals surface area contributed by atoms with Crippen molar-refractivity contribution in [2.75, 3.05) is 11.9 Å². The largest absolute Gasteiger partial charge is 0.354 e. The zero-order valence-corrected chi connectivity index (χ0v) is 16.3. The molecule has 146 valence electrons. The molecule has 30 heavy (non-hydrogen) atoms. The van der Waals surface area contributed by atoms with Crippen molar-refractivity contribution in [3.8, 4) is 22.4 Å². The molecule has 0 aliphatic heterocycles. The molecule has 2 N–H and O–H groups in total. The van der Waals surface area contributed by atoms with Gasteiger partial charge in [0.15, 0.2) is 0 Å². The van der Waals surface area contributed by atoms with Crippen LogP contribution in [0.1, 0.15) is 5.56 Å². The fraction of sp³-hybridized carbons (Fsp3) is 0.0833. The van der Waals surface area contributed by atoms with Crippen LogP contribution in [0.25, 0.3) is 33.4 Å². The molecule has 6 nitrogen and oxygen atoms in total. The number of fused-ring (bicyclic) bond motifs is 1. The number of aromatic amines is 1. The van der Waals surface area contributed by atoms with Crippen LogP contribution in [-0.2, 0) is 6.42 Å². The van der Waals surface area contributed by atoms with Crippen LogP contribution in [0.3, 0.4) is 0 Å². The molecule has 0 saturated heterocycles. The van der Waals surface area contributed by atoms with Crippen molar-refractivity contribution < 1.29 is 0 Å². The SMILES string of the molecule is c1ccc(CCNc2nccc(-c3c[nH]c4ncc(-c5cccnc5)cc34)n2)cc1. The Bertz CT molecular complexity index is 1260. The third-order valence-corrected chi connectivity index (χ3v) is 5.00. The minimum absolute atomic E-state index is 0.620. The molecular formula is C24H20N6. The second-order valence-electron chi connectivity index (χ2n) is 6.99. The molecule has 5 aromatic rings. The normalized spacial score (nSPS) is 10.9. The van der Waals surface area contributed by atoms with Gasteiger partial charge in [0.05, 0.1) is 5.69 Å². The lowest BCUT2D eigenvalue weighted by Gasteiger charge is -2.07.